The Morgan fingerprint density at radius 2 is 2.18 bits per heavy atom. The van der Waals surface area contributed by atoms with Gasteiger partial charge in [0.2, 0.25) is 0 Å². The molecule has 94 valence electrons. The first kappa shape index (κ1) is 7.82. The molecule has 1 aliphatic heterocycles. The van der Waals surface area contributed by atoms with Crippen molar-refractivity contribution in [2.24, 2.45) is 0 Å². The Hall–Kier alpha value is -1.42. The summed E-state index contributed by atoms with van der Waals surface area (Å²) in [6.45, 7) is 5.58. The van der Waals surface area contributed by atoms with Crippen LogP contribution in [0.5, 0.6) is 5.75 Å². The molecule has 0 amide bonds. The van der Waals surface area contributed by atoms with Gasteiger partial charge in [0.15, 0.2) is 2.82 Å². The fraction of sp³-hybridized carbons (Fsp3) is 0.538. The highest BCUT2D eigenvalue weighted by Gasteiger charge is 2.21. The van der Waals surface area contributed by atoms with Gasteiger partial charge in [0.1, 0.15) is 5.75 Å². The van der Waals surface area contributed by atoms with Crippen molar-refractivity contribution < 1.29 is 10.3 Å². The lowest BCUT2D eigenvalue weighted by Crippen LogP contribution is -2.54. The Balaban J connectivity index is 2.48. The summed E-state index contributed by atoms with van der Waals surface area (Å²) in [5.74, 6) is 0.0879. The van der Waals surface area contributed by atoms with Gasteiger partial charge in [-0.1, -0.05) is 0 Å². The number of hydrogen-bond acceptors (Lipinski definition) is 4. The second-order valence-electron chi connectivity index (χ2n) is 4.57. The number of anilines is 2. The summed E-state index contributed by atoms with van der Waals surface area (Å²) in [4.78, 5) is 2.03. The van der Waals surface area contributed by atoms with E-state index >= 15 is 0 Å². The lowest BCUT2D eigenvalue weighted by atomic mass is 10.1. The molecule has 1 fully saturated rings. The molecule has 1 aromatic rings. The lowest BCUT2D eigenvalue weighted by molar-refractivity contribution is 0.406. The predicted molar refractivity (Wildman–Crippen MR) is 71.7 cm³/mol. The summed E-state index contributed by atoms with van der Waals surface area (Å²) in [6.07, 6.45) is 0. The van der Waals surface area contributed by atoms with Gasteiger partial charge in [-0.05, 0) is 32.0 Å². The van der Waals surface area contributed by atoms with Gasteiger partial charge >= 0.3 is 0 Å². The summed E-state index contributed by atoms with van der Waals surface area (Å²) in [5.41, 5.74) is 1.17. The van der Waals surface area contributed by atoms with Crippen molar-refractivity contribution in [2.75, 3.05) is 30.8 Å². The topological polar surface area (TPSA) is 50.5 Å². The minimum absolute atomic E-state index is 0.0683. The molecular formula is C13H21N3O. The van der Waals surface area contributed by atoms with Gasteiger partial charge in [0.25, 0.3) is 0 Å². The fourth-order valence-corrected chi connectivity index (χ4v) is 2.27. The number of nitrogen functional groups attached to an aromatic ring is 1. The van der Waals surface area contributed by atoms with Crippen LogP contribution >= 0.6 is 0 Å². The highest BCUT2D eigenvalue weighted by Crippen LogP contribution is 2.27. The van der Waals surface area contributed by atoms with Crippen LogP contribution in [0, 0.1) is 0 Å². The molecule has 2 atom stereocenters. The van der Waals surface area contributed by atoms with E-state index in [9.17, 15) is 0 Å². The Labute approximate surface area is 108 Å². The highest BCUT2D eigenvalue weighted by molar-refractivity contribution is 5.63. The standard InChI is InChI=1S/C13H21N3O/c1-9-7-16(8-10(2)15-9)11-4-5-13(17-3)12(14)6-11/h4-6,9-10,15H,7-8,14H2,1-3H3/t9-,10+/i4D,5D/hD2. The van der Waals surface area contributed by atoms with Crippen molar-refractivity contribution in [1.82, 2.24) is 5.32 Å². The lowest BCUT2D eigenvalue weighted by Gasteiger charge is -2.37. The van der Waals surface area contributed by atoms with Crippen LogP contribution in [0.3, 0.4) is 0 Å². The van der Waals surface area contributed by atoms with Crippen LogP contribution in [0.4, 0.5) is 11.4 Å². The smallest absolute Gasteiger partial charge is 0.156 e. The molecule has 17 heavy (non-hydrogen) atoms. The molecule has 0 aliphatic carbocycles. The Kier molecular flexibility index (Phi) is 2.22. The summed E-state index contributed by atoms with van der Waals surface area (Å²) >= 11 is 0. The molecule has 1 aromatic carbocycles. The summed E-state index contributed by atoms with van der Waals surface area (Å²) in [7, 11) is 1.38. The van der Waals surface area contributed by atoms with Crippen molar-refractivity contribution in [2.45, 2.75) is 25.9 Å². The van der Waals surface area contributed by atoms with Crippen LogP contribution in [0.1, 0.15) is 16.6 Å². The van der Waals surface area contributed by atoms with Crippen LogP contribution in [0.25, 0.3) is 0 Å². The van der Waals surface area contributed by atoms with Crippen LogP contribution in [-0.2, 0) is 0 Å². The van der Waals surface area contributed by atoms with E-state index in [0.29, 0.717) is 11.4 Å². The van der Waals surface area contributed by atoms with E-state index in [1.807, 2.05) is 4.90 Å². The number of hydrogen-bond donors (Lipinski definition) is 2. The van der Waals surface area contributed by atoms with Crippen molar-refractivity contribution in [3.05, 3.63) is 18.2 Å². The fourth-order valence-electron chi connectivity index (χ4n) is 2.27. The van der Waals surface area contributed by atoms with E-state index in [4.69, 9.17) is 10.3 Å². The van der Waals surface area contributed by atoms with E-state index in [1.165, 1.54) is 7.11 Å². The van der Waals surface area contributed by atoms with Gasteiger partial charge in [0, 0.05) is 30.9 Å². The molecular weight excluding hydrogens is 214 g/mol. The predicted octanol–water partition coefficient (Wildman–Crippen LogP) is 1.46. The Bertz CT molecular complexity index is 517. The summed E-state index contributed by atoms with van der Waals surface area (Å²) in [5, 5.41) is 3.41. The number of nitrogens with two attached hydrogens (primary N) is 1. The maximum atomic E-state index is 8.17. The number of piperazine rings is 1. The Morgan fingerprint density at radius 3 is 2.76 bits per heavy atom. The molecule has 1 aliphatic rings. The van der Waals surface area contributed by atoms with Gasteiger partial charge < -0.3 is 20.7 Å². The van der Waals surface area contributed by atoms with Crippen molar-refractivity contribution in [3.8, 4) is 5.75 Å². The molecule has 1 heterocycles. The average Bonchev–Trinajstić information content (AvgIpc) is 2.40. The molecule has 1 saturated heterocycles. The third-order valence-electron chi connectivity index (χ3n) is 2.91. The minimum atomic E-state index is -0.0895. The van der Waals surface area contributed by atoms with Crippen molar-refractivity contribution >= 4 is 11.4 Å². The maximum Gasteiger partial charge on any atom is 0.156 e. The normalized spacial score (nSPS) is 27.8. The van der Waals surface area contributed by atoms with Gasteiger partial charge in [-0.25, -0.2) is 0 Å². The zero-order valence-electron chi connectivity index (χ0n) is 14.4. The molecule has 0 unspecified atom stereocenters. The second kappa shape index (κ2) is 4.84. The van der Waals surface area contributed by atoms with Crippen molar-refractivity contribution in [1.29, 1.82) is 0 Å². The largest absolute Gasteiger partial charge is 0.495 e. The van der Waals surface area contributed by atoms with E-state index < -0.39 is 0 Å². The molecule has 4 nitrogen and oxygen atoms in total. The number of ether oxygens (including phenoxy) is 1. The first-order chi connectivity index (χ1) is 9.85. The summed E-state index contributed by atoms with van der Waals surface area (Å²) in [6, 6.07) is 2.11. The Morgan fingerprint density at radius 1 is 1.47 bits per heavy atom. The molecule has 2 rings (SSSR count). The van der Waals surface area contributed by atoms with Gasteiger partial charge in [0.05, 0.1) is 15.5 Å². The van der Waals surface area contributed by atoms with Crippen LogP contribution in [0.2, 0.25) is 2.82 Å². The first-order valence-electron chi connectivity index (χ1n) is 7.71. The molecule has 4 heteroatoms. The zero-order valence-corrected chi connectivity index (χ0v) is 10.4. The molecule has 0 aromatic heterocycles. The third kappa shape index (κ3) is 2.64. The molecule has 0 bridgehead atoms. The monoisotopic (exact) mass is 239 g/mol. The van der Waals surface area contributed by atoms with Gasteiger partial charge in [-0.15, -0.1) is 0 Å². The maximum absolute atomic E-state index is 8.17. The first-order valence-corrected chi connectivity index (χ1v) is 5.82. The number of nitrogens with zero attached hydrogens (tertiary/aromatic N) is 1. The molecule has 3 N–H and O–H groups in total. The molecule has 0 radical (unpaired) electrons. The SMILES string of the molecule is [2H]c1c(N2C[C@@H](C)N[C@@H](C)C2)cc(N([2H])[2H])c(OC)c1[2H]. The van der Waals surface area contributed by atoms with E-state index in [0.717, 1.165) is 13.1 Å². The quantitative estimate of drug-likeness (QED) is 0.784. The van der Waals surface area contributed by atoms with Gasteiger partial charge in [-0.2, -0.15) is 0 Å². The van der Waals surface area contributed by atoms with E-state index in [1.54, 1.807) is 6.07 Å². The third-order valence-corrected chi connectivity index (χ3v) is 2.91. The number of nitrogens with one attached hydrogen (secondary N) is 1. The average molecular weight is 239 g/mol. The summed E-state index contributed by atoms with van der Waals surface area (Å²) < 4.78 is 36.2. The number of methoxy groups -OCH3 is 1. The highest BCUT2D eigenvalue weighted by atomic mass is 16.5. The van der Waals surface area contributed by atoms with Crippen LogP contribution in [0.15, 0.2) is 18.2 Å². The zero-order chi connectivity index (χ0) is 15.7. The second-order valence-corrected chi connectivity index (χ2v) is 4.57. The van der Waals surface area contributed by atoms with Gasteiger partial charge in [-0.3, -0.25) is 0 Å². The van der Waals surface area contributed by atoms with E-state index in [-0.39, 0.29) is 35.6 Å². The van der Waals surface area contributed by atoms with Crippen molar-refractivity contribution in [3.63, 3.8) is 0 Å². The molecule has 0 saturated carbocycles. The van der Waals surface area contributed by atoms with Crippen LogP contribution < -0.4 is 20.7 Å². The van der Waals surface area contributed by atoms with E-state index in [2.05, 4.69) is 19.2 Å². The minimum Gasteiger partial charge on any atom is -0.495 e. The van der Waals surface area contributed by atoms with Crippen LogP contribution in [-0.4, -0.2) is 32.3 Å². The number of rotatable bonds is 3. The molecule has 0 spiro atoms. The number of benzene rings is 1.